The van der Waals surface area contributed by atoms with Crippen LogP contribution in [0.5, 0.6) is 0 Å². The molecule has 1 fully saturated rings. The van der Waals surface area contributed by atoms with Crippen LogP contribution >= 0.6 is 0 Å². The van der Waals surface area contributed by atoms with E-state index in [9.17, 15) is 20.1 Å². The number of esters is 1. The van der Waals surface area contributed by atoms with Crippen LogP contribution in [0, 0.1) is 22.7 Å². The Bertz CT molecular complexity index is 1960. The minimum absolute atomic E-state index is 0.0316. The predicted octanol–water partition coefficient (Wildman–Crippen LogP) is 13.4. The first-order chi connectivity index (χ1) is 29.9. The van der Waals surface area contributed by atoms with E-state index >= 15 is 0 Å². The molecule has 6 heteroatoms. The van der Waals surface area contributed by atoms with E-state index in [0.29, 0.717) is 12.2 Å². The van der Waals surface area contributed by atoms with Gasteiger partial charge in [-0.15, -0.1) is 0 Å². The van der Waals surface area contributed by atoms with Crippen molar-refractivity contribution in [2.75, 3.05) is 0 Å². The highest BCUT2D eigenvalue weighted by molar-refractivity contribution is 5.95. The number of rotatable bonds is 21. The molecule has 1 heterocycles. The summed E-state index contributed by atoms with van der Waals surface area (Å²) < 4.78 is 11.6. The van der Waals surface area contributed by atoms with E-state index in [2.05, 4.69) is 63.8 Å². The Kier molecular flexibility index (Phi) is 21.9. The third-order valence-electron chi connectivity index (χ3n) is 12.1. The number of allylic oxidation sites excluding steroid dienone is 20. The lowest BCUT2D eigenvalue weighted by atomic mass is 9.57. The molecule has 3 N–H and O–H groups in total. The summed E-state index contributed by atoms with van der Waals surface area (Å²) in [7, 11) is 0. The van der Waals surface area contributed by atoms with Crippen molar-refractivity contribution < 1.29 is 29.6 Å². The minimum atomic E-state index is -1.65. The van der Waals surface area contributed by atoms with Crippen molar-refractivity contribution in [1.29, 1.82) is 0 Å². The summed E-state index contributed by atoms with van der Waals surface area (Å²) in [4.78, 5) is 12.6. The summed E-state index contributed by atoms with van der Waals surface area (Å²) in [6.07, 6.45) is 51.9. The number of carbonyl (C=O) groups is 1. The summed E-state index contributed by atoms with van der Waals surface area (Å²) in [5.74, 6) is 6.67. The third-order valence-corrected chi connectivity index (χ3v) is 12.1. The summed E-state index contributed by atoms with van der Waals surface area (Å²) in [5, 5.41) is 32.7. The normalized spacial score (nSPS) is 26.6. The molecule has 3 rings (SSSR count). The van der Waals surface area contributed by atoms with Crippen LogP contribution in [-0.4, -0.2) is 44.7 Å². The van der Waals surface area contributed by atoms with Gasteiger partial charge >= 0.3 is 5.97 Å². The molecule has 342 valence electrons. The number of cyclic esters (lactones) is 1. The number of hydrogen-bond acceptors (Lipinski definition) is 6. The second-order valence-electron chi connectivity index (χ2n) is 19.0. The molecule has 63 heavy (non-hydrogen) atoms. The maximum atomic E-state index is 12.6. The van der Waals surface area contributed by atoms with Crippen LogP contribution in [0.3, 0.4) is 0 Å². The van der Waals surface area contributed by atoms with E-state index in [1.807, 2.05) is 80.7 Å². The first kappa shape index (κ1) is 52.7. The molecule has 3 aliphatic rings. The van der Waals surface area contributed by atoms with Crippen LogP contribution in [0.1, 0.15) is 146 Å². The number of hydrogen-bond donors (Lipinski definition) is 3. The van der Waals surface area contributed by atoms with Crippen molar-refractivity contribution in [2.45, 2.75) is 169 Å². The van der Waals surface area contributed by atoms with E-state index < -0.39 is 28.7 Å². The molecule has 0 spiro atoms. The van der Waals surface area contributed by atoms with Crippen molar-refractivity contribution in [3.63, 3.8) is 0 Å². The first-order valence-corrected chi connectivity index (χ1v) is 23.3. The van der Waals surface area contributed by atoms with E-state index in [1.165, 1.54) is 81.6 Å². The fourth-order valence-electron chi connectivity index (χ4n) is 8.68. The van der Waals surface area contributed by atoms with Crippen molar-refractivity contribution in [3.8, 4) is 11.8 Å². The highest BCUT2D eigenvalue weighted by Gasteiger charge is 2.58. The van der Waals surface area contributed by atoms with E-state index in [-0.39, 0.29) is 23.5 Å². The highest BCUT2D eigenvalue weighted by atomic mass is 16.5. The minimum Gasteiger partial charge on any atom is -0.498 e. The van der Waals surface area contributed by atoms with Gasteiger partial charge in [0.1, 0.15) is 17.5 Å². The summed E-state index contributed by atoms with van der Waals surface area (Å²) in [6, 6.07) is 0. The SMILES string of the molecule is CCCCCCCCCCC=CC=CC=CC=CC=COC1CC(C)=C(C#CC(C)=CC=CC=CC=C(C)C=C2C=C(C=CC3(O)C(C)(C)CC(O)CC3(C)O)C(=O)O2)C(C)(C)C1. The molecule has 2 aliphatic carbocycles. The standard InChI is InChI=1S/C57H78O6/c1-10-11-12-13-14-15-16-17-18-19-20-21-22-23-24-25-28-31-38-62-51-40-47(4)52(54(5,6)44-51)35-34-45(2)32-29-26-27-30-33-46(3)39-50-41-48(53(59)63-50)36-37-57(61)55(7,8)42-49(58)43-56(57,9)60/h19-33,36-39,41,49,51,58,60-61H,10-18,40,42-44H2,1-9H3. The molecule has 0 saturated heterocycles. The van der Waals surface area contributed by atoms with Gasteiger partial charge in [0.25, 0.3) is 0 Å². The molecule has 0 bridgehead atoms. The first-order valence-electron chi connectivity index (χ1n) is 23.3. The Labute approximate surface area is 381 Å². The number of carbonyl (C=O) groups excluding carboxylic acids is 1. The van der Waals surface area contributed by atoms with Crippen molar-refractivity contribution in [1.82, 2.24) is 0 Å². The van der Waals surface area contributed by atoms with E-state index in [4.69, 9.17) is 9.47 Å². The summed E-state index contributed by atoms with van der Waals surface area (Å²) in [6.45, 7) is 17.9. The maximum absolute atomic E-state index is 12.6. The molecule has 0 radical (unpaired) electrons. The fourth-order valence-corrected chi connectivity index (χ4v) is 8.68. The van der Waals surface area contributed by atoms with Gasteiger partial charge < -0.3 is 24.8 Å². The average molecular weight is 859 g/mol. The Hall–Kier alpha value is -4.67. The van der Waals surface area contributed by atoms with Gasteiger partial charge in [-0.3, -0.25) is 0 Å². The zero-order chi connectivity index (χ0) is 46.4. The van der Waals surface area contributed by atoms with Crippen molar-refractivity contribution in [3.05, 3.63) is 155 Å². The monoisotopic (exact) mass is 859 g/mol. The Morgan fingerprint density at radius 2 is 1.41 bits per heavy atom. The highest BCUT2D eigenvalue weighted by Crippen LogP contribution is 2.50. The molecule has 0 amide bonds. The zero-order valence-electron chi connectivity index (χ0n) is 40.0. The van der Waals surface area contributed by atoms with E-state index in [0.717, 1.165) is 30.4 Å². The van der Waals surface area contributed by atoms with Gasteiger partial charge in [-0.05, 0) is 94.9 Å². The van der Waals surface area contributed by atoms with Crippen LogP contribution < -0.4 is 0 Å². The number of unbranched alkanes of at least 4 members (excludes halogenated alkanes) is 8. The Morgan fingerprint density at radius 3 is 2.06 bits per heavy atom. The second kappa shape index (κ2) is 26.2. The summed E-state index contributed by atoms with van der Waals surface area (Å²) in [5.41, 5.74) is 0.432. The molecular formula is C57H78O6. The molecule has 0 aromatic carbocycles. The zero-order valence-corrected chi connectivity index (χ0v) is 40.0. The van der Waals surface area contributed by atoms with Gasteiger partial charge in [-0.2, -0.15) is 0 Å². The van der Waals surface area contributed by atoms with Crippen LogP contribution in [0.2, 0.25) is 0 Å². The molecule has 1 aliphatic heterocycles. The number of ether oxygens (including phenoxy) is 2. The summed E-state index contributed by atoms with van der Waals surface area (Å²) >= 11 is 0. The van der Waals surface area contributed by atoms with Gasteiger partial charge in [0, 0.05) is 29.2 Å². The second-order valence-corrected chi connectivity index (χ2v) is 19.0. The van der Waals surface area contributed by atoms with E-state index in [1.54, 1.807) is 32.3 Å². The number of aliphatic hydroxyl groups is 3. The van der Waals surface area contributed by atoms with Gasteiger partial charge in [0.2, 0.25) is 0 Å². The molecule has 4 atom stereocenters. The maximum Gasteiger partial charge on any atom is 0.343 e. The van der Waals surface area contributed by atoms with Crippen LogP contribution in [0.4, 0.5) is 0 Å². The smallest absolute Gasteiger partial charge is 0.343 e. The third kappa shape index (κ3) is 17.8. The van der Waals surface area contributed by atoms with Crippen molar-refractivity contribution >= 4 is 5.97 Å². The fraction of sp³-hybridized carbons (Fsp3) is 0.491. The largest absolute Gasteiger partial charge is 0.498 e. The Morgan fingerprint density at radius 1 is 0.810 bits per heavy atom. The van der Waals surface area contributed by atoms with Crippen LogP contribution in [-0.2, 0) is 14.3 Å². The van der Waals surface area contributed by atoms with Crippen molar-refractivity contribution in [2.24, 2.45) is 10.8 Å². The molecule has 0 aromatic rings. The molecule has 1 saturated carbocycles. The van der Waals surface area contributed by atoms with Gasteiger partial charge in [-0.25, -0.2) is 4.79 Å². The lowest BCUT2D eigenvalue weighted by Crippen LogP contribution is -2.65. The van der Waals surface area contributed by atoms with Gasteiger partial charge in [-0.1, -0.05) is 182 Å². The molecule has 4 unspecified atom stereocenters. The number of aliphatic hydroxyl groups excluding tert-OH is 1. The average Bonchev–Trinajstić information content (AvgIpc) is 3.55. The van der Waals surface area contributed by atoms with Gasteiger partial charge in [0.05, 0.1) is 23.5 Å². The van der Waals surface area contributed by atoms with Crippen LogP contribution in [0.15, 0.2) is 155 Å². The topological polar surface area (TPSA) is 96.2 Å². The molecular weight excluding hydrogens is 781 g/mol. The lowest BCUT2D eigenvalue weighted by Gasteiger charge is -2.54. The quantitative estimate of drug-likeness (QED) is 0.0350. The molecule has 0 aromatic heterocycles. The Balaban J connectivity index is 1.43. The van der Waals surface area contributed by atoms with Gasteiger partial charge in [0.15, 0.2) is 0 Å². The predicted molar refractivity (Wildman–Crippen MR) is 263 cm³/mol. The van der Waals surface area contributed by atoms with Crippen LogP contribution in [0.25, 0.3) is 0 Å². The molecule has 6 nitrogen and oxygen atoms in total. The lowest BCUT2D eigenvalue weighted by molar-refractivity contribution is -0.216.